The minimum Gasteiger partial charge on any atom is -0.370 e. The Kier molecular flexibility index (Phi) is 5.51. The van der Waals surface area contributed by atoms with Crippen LogP contribution < -0.4 is 16.0 Å². The van der Waals surface area contributed by atoms with Gasteiger partial charge in [0.1, 0.15) is 5.82 Å². The molecule has 0 saturated heterocycles. The summed E-state index contributed by atoms with van der Waals surface area (Å²) < 4.78 is 14.0. The van der Waals surface area contributed by atoms with Crippen molar-refractivity contribution in [2.75, 3.05) is 17.3 Å². The second-order valence-electron chi connectivity index (χ2n) is 5.63. The Hall–Kier alpha value is -1.62. The number of rotatable bonds is 5. The highest BCUT2D eigenvalue weighted by molar-refractivity contribution is 5.95. The fourth-order valence-electron chi connectivity index (χ4n) is 1.68. The van der Waals surface area contributed by atoms with Crippen molar-refractivity contribution in [2.24, 2.45) is 11.7 Å². The smallest absolute Gasteiger partial charge is 0.241 e. The number of nitrogens with two attached hydrogens (primary N) is 1. The van der Waals surface area contributed by atoms with E-state index in [0.29, 0.717) is 11.4 Å². The van der Waals surface area contributed by atoms with Gasteiger partial charge in [-0.1, -0.05) is 13.8 Å². The van der Waals surface area contributed by atoms with Gasteiger partial charge in [-0.3, -0.25) is 4.79 Å². The van der Waals surface area contributed by atoms with Gasteiger partial charge in [0.05, 0.1) is 11.7 Å². The minimum absolute atomic E-state index is 0.0335. The first kappa shape index (κ1) is 16.4. The van der Waals surface area contributed by atoms with Crippen LogP contribution in [0.25, 0.3) is 0 Å². The van der Waals surface area contributed by atoms with Crippen molar-refractivity contribution in [3.05, 3.63) is 24.0 Å². The third-order valence-electron chi connectivity index (χ3n) is 3.39. The molecule has 20 heavy (non-hydrogen) atoms. The predicted molar refractivity (Wildman–Crippen MR) is 81.4 cm³/mol. The fourth-order valence-corrected chi connectivity index (χ4v) is 1.68. The van der Waals surface area contributed by atoms with E-state index in [1.54, 1.807) is 12.1 Å². The van der Waals surface area contributed by atoms with E-state index in [4.69, 9.17) is 5.73 Å². The number of nitrogens with zero attached hydrogens (tertiary/aromatic N) is 1. The molecule has 0 aliphatic heterocycles. The molecule has 0 radical (unpaired) electrons. The summed E-state index contributed by atoms with van der Waals surface area (Å²) >= 11 is 0. The van der Waals surface area contributed by atoms with E-state index in [-0.39, 0.29) is 23.7 Å². The van der Waals surface area contributed by atoms with Crippen molar-refractivity contribution in [1.82, 2.24) is 0 Å². The highest BCUT2D eigenvalue weighted by atomic mass is 19.1. The first-order valence-electron chi connectivity index (χ1n) is 6.82. The lowest BCUT2D eigenvalue weighted by Crippen LogP contribution is -2.39. The number of amides is 1. The first-order valence-corrected chi connectivity index (χ1v) is 6.82. The van der Waals surface area contributed by atoms with Gasteiger partial charge in [0, 0.05) is 18.8 Å². The quantitative estimate of drug-likeness (QED) is 0.872. The Morgan fingerprint density at radius 1 is 1.30 bits per heavy atom. The molecule has 1 atom stereocenters. The average Bonchev–Trinajstić information content (AvgIpc) is 2.36. The van der Waals surface area contributed by atoms with Crippen LogP contribution in [-0.4, -0.2) is 25.0 Å². The molecule has 0 fully saturated rings. The van der Waals surface area contributed by atoms with Crippen LogP contribution in [0.4, 0.5) is 15.8 Å². The standard InChI is InChI=1S/C15H24FN3O/c1-9(2)14(17)15(20)18-11-6-7-13(12(16)8-11)19(5)10(3)4/h6-10,14H,17H2,1-5H3,(H,18,20). The molecule has 0 aliphatic rings. The van der Waals surface area contributed by atoms with Gasteiger partial charge in [-0.25, -0.2) is 4.39 Å². The maximum absolute atomic E-state index is 14.0. The zero-order valence-corrected chi connectivity index (χ0v) is 12.8. The van der Waals surface area contributed by atoms with Gasteiger partial charge in [-0.15, -0.1) is 0 Å². The predicted octanol–water partition coefficient (Wildman–Crippen LogP) is 2.59. The van der Waals surface area contributed by atoms with Gasteiger partial charge >= 0.3 is 0 Å². The number of anilines is 2. The summed E-state index contributed by atoms with van der Waals surface area (Å²) in [6, 6.07) is 4.25. The Bertz CT molecular complexity index is 474. The summed E-state index contributed by atoms with van der Waals surface area (Å²) in [4.78, 5) is 13.7. The van der Waals surface area contributed by atoms with Crippen LogP contribution in [-0.2, 0) is 4.79 Å². The van der Waals surface area contributed by atoms with Crippen LogP contribution in [0.2, 0.25) is 0 Å². The summed E-state index contributed by atoms with van der Waals surface area (Å²) in [7, 11) is 1.83. The van der Waals surface area contributed by atoms with Gasteiger partial charge in [0.15, 0.2) is 0 Å². The van der Waals surface area contributed by atoms with Crippen LogP contribution in [0, 0.1) is 11.7 Å². The molecule has 0 spiro atoms. The minimum atomic E-state index is -0.601. The summed E-state index contributed by atoms with van der Waals surface area (Å²) in [6.07, 6.45) is 0. The van der Waals surface area contributed by atoms with Crippen LogP contribution in [0.3, 0.4) is 0 Å². The molecular weight excluding hydrogens is 257 g/mol. The average molecular weight is 281 g/mol. The normalized spacial score (nSPS) is 12.7. The number of hydrogen-bond acceptors (Lipinski definition) is 3. The summed E-state index contributed by atoms with van der Waals surface area (Å²) in [6.45, 7) is 7.70. The lowest BCUT2D eigenvalue weighted by atomic mass is 10.0. The lowest BCUT2D eigenvalue weighted by Gasteiger charge is -2.24. The number of hydrogen-bond donors (Lipinski definition) is 2. The molecule has 0 bridgehead atoms. The molecule has 3 N–H and O–H groups in total. The molecule has 112 valence electrons. The summed E-state index contributed by atoms with van der Waals surface area (Å²) in [5, 5.41) is 2.64. The zero-order chi connectivity index (χ0) is 15.4. The molecular formula is C15H24FN3O. The molecule has 4 nitrogen and oxygen atoms in total. The maximum atomic E-state index is 14.0. The topological polar surface area (TPSA) is 58.4 Å². The Labute approximate surface area is 120 Å². The molecule has 1 amide bonds. The number of nitrogens with one attached hydrogen (secondary N) is 1. The largest absolute Gasteiger partial charge is 0.370 e. The molecule has 1 rings (SSSR count). The maximum Gasteiger partial charge on any atom is 0.241 e. The highest BCUT2D eigenvalue weighted by Crippen LogP contribution is 2.23. The van der Waals surface area contributed by atoms with Gasteiger partial charge in [-0.2, -0.15) is 0 Å². The summed E-state index contributed by atoms with van der Waals surface area (Å²) in [5.74, 6) is -0.632. The SMILES string of the molecule is CC(C)C(N)C(=O)Nc1ccc(N(C)C(C)C)c(F)c1. The van der Waals surface area contributed by atoms with Crippen LogP contribution in [0.5, 0.6) is 0 Å². The molecule has 1 unspecified atom stereocenters. The zero-order valence-electron chi connectivity index (χ0n) is 12.8. The van der Waals surface area contributed by atoms with Gasteiger partial charge in [0.2, 0.25) is 5.91 Å². The molecule has 5 heteroatoms. The molecule has 1 aromatic rings. The van der Waals surface area contributed by atoms with Crippen LogP contribution in [0.15, 0.2) is 18.2 Å². The van der Waals surface area contributed by atoms with E-state index in [9.17, 15) is 9.18 Å². The van der Waals surface area contributed by atoms with E-state index >= 15 is 0 Å². The molecule has 0 aliphatic carbocycles. The van der Waals surface area contributed by atoms with Crippen molar-refractivity contribution < 1.29 is 9.18 Å². The van der Waals surface area contributed by atoms with Gasteiger partial charge in [0.25, 0.3) is 0 Å². The third kappa shape index (κ3) is 3.93. The first-order chi connectivity index (χ1) is 9.23. The molecule has 1 aromatic carbocycles. The Morgan fingerprint density at radius 2 is 1.90 bits per heavy atom. The molecule has 0 aromatic heterocycles. The van der Waals surface area contributed by atoms with Crippen molar-refractivity contribution in [3.63, 3.8) is 0 Å². The fraction of sp³-hybridized carbons (Fsp3) is 0.533. The lowest BCUT2D eigenvalue weighted by molar-refractivity contribution is -0.118. The van der Waals surface area contributed by atoms with E-state index in [2.05, 4.69) is 5.32 Å². The number of benzene rings is 1. The second-order valence-corrected chi connectivity index (χ2v) is 5.63. The second kappa shape index (κ2) is 6.70. The van der Waals surface area contributed by atoms with Crippen LogP contribution >= 0.6 is 0 Å². The van der Waals surface area contributed by atoms with Crippen molar-refractivity contribution >= 4 is 17.3 Å². The number of halogens is 1. The summed E-state index contributed by atoms with van der Waals surface area (Å²) in [5.41, 5.74) is 6.68. The number of carbonyl (C=O) groups is 1. The number of carbonyl (C=O) groups excluding carboxylic acids is 1. The van der Waals surface area contributed by atoms with Gasteiger partial charge in [-0.05, 0) is 38.0 Å². The van der Waals surface area contributed by atoms with E-state index < -0.39 is 6.04 Å². The van der Waals surface area contributed by atoms with Crippen molar-refractivity contribution in [1.29, 1.82) is 0 Å². The van der Waals surface area contributed by atoms with Crippen molar-refractivity contribution in [2.45, 2.75) is 39.8 Å². The molecule has 0 heterocycles. The van der Waals surface area contributed by atoms with E-state index in [1.807, 2.05) is 39.6 Å². The Morgan fingerprint density at radius 3 is 2.35 bits per heavy atom. The third-order valence-corrected chi connectivity index (χ3v) is 3.39. The molecule has 0 saturated carbocycles. The monoisotopic (exact) mass is 281 g/mol. The highest BCUT2D eigenvalue weighted by Gasteiger charge is 2.18. The van der Waals surface area contributed by atoms with Gasteiger partial charge < -0.3 is 16.0 Å². The van der Waals surface area contributed by atoms with Crippen molar-refractivity contribution in [3.8, 4) is 0 Å². The van der Waals surface area contributed by atoms with E-state index in [0.717, 1.165) is 0 Å². The Balaban J connectivity index is 2.85. The van der Waals surface area contributed by atoms with Crippen LogP contribution in [0.1, 0.15) is 27.7 Å². The van der Waals surface area contributed by atoms with E-state index in [1.165, 1.54) is 6.07 Å².